The van der Waals surface area contributed by atoms with Gasteiger partial charge < -0.3 is 9.94 Å². The van der Waals surface area contributed by atoms with Gasteiger partial charge in [-0.2, -0.15) is 4.79 Å². The fourth-order valence-electron chi connectivity index (χ4n) is 4.39. The highest BCUT2D eigenvalue weighted by atomic mass is 16.9. The molecule has 0 aromatic heterocycles. The molecule has 0 unspecified atom stereocenters. The van der Waals surface area contributed by atoms with Crippen molar-refractivity contribution in [3.63, 3.8) is 0 Å². The summed E-state index contributed by atoms with van der Waals surface area (Å²) in [5, 5.41) is 9.44. The van der Waals surface area contributed by atoms with E-state index in [9.17, 15) is 43.2 Å². The third kappa shape index (κ3) is 16.7. The van der Waals surface area contributed by atoms with Gasteiger partial charge in [0.2, 0.25) is 0 Å². The SMILES string of the molecule is CCCCCCCCC(=O)O.CCCCCCCCC(=O)ON1C(=O)CCC1=O.O=C(ON1C(=O)CCC1=O)ON1C(=O)CCC1=O. The van der Waals surface area contributed by atoms with Gasteiger partial charge in [0, 0.05) is 51.4 Å². The van der Waals surface area contributed by atoms with E-state index in [1.54, 1.807) is 0 Å². The van der Waals surface area contributed by atoms with Crippen LogP contribution in [0.15, 0.2) is 0 Å². The van der Waals surface area contributed by atoms with Crippen molar-refractivity contribution in [2.75, 3.05) is 0 Å². The molecule has 0 aromatic rings. The maximum absolute atomic E-state index is 11.4. The number of amides is 6. The molecular formula is C31H47N3O13. The second-order valence-electron chi connectivity index (χ2n) is 11.1. The van der Waals surface area contributed by atoms with Crippen LogP contribution in [0.3, 0.4) is 0 Å². The van der Waals surface area contributed by atoms with Crippen molar-refractivity contribution in [3.8, 4) is 0 Å². The number of carboxylic acid groups (broad SMARTS) is 1. The fourth-order valence-corrected chi connectivity index (χ4v) is 4.39. The lowest BCUT2D eigenvalue weighted by Gasteiger charge is -2.15. The van der Waals surface area contributed by atoms with Gasteiger partial charge >= 0.3 is 18.1 Å². The normalized spacial score (nSPS) is 15.7. The van der Waals surface area contributed by atoms with Gasteiger partial charge in [-0.1, -0.05) is 88.2 Å². The molecule has 0 spiro atoms. The van der Waals surface area contributed by atoms with Crippen LogP contribution in [-0.4, -0.2) is 73.8 Å². The smallest absolute Gasteiger partial charge is 0.481 e. The van der Waals surface area contributed by atoms with E-state index in [0.717, 1.165) is 32.1 Å². The third-order valence-corrected chi connectivity index (χ3v) is 7.02. The van der Waals surface area contributed by atoms with Gasteiger partial charge in [-0.05, 0) is 12.8 Å². The number of rotatable bonds is 17. The van der Waals surface area contributed by atoms with E-state index in [4.69, 9.17) is 9.94 Å². The molecule has 16 heteroatoms. The second-order valence-corrected chi connectivity index (χ2v) is 11.1. The summed E-state index contributed by atoms with van der Waals surface area (Å²) in [7, 11) is 0. The molecule has 0 aliphatic carbocycles. The Morgan fingerprint density at radius 2 is 0.787 bits per heavy atom. The van der Waals surface area contributed by atoms with Gasteiger partial charge in [0.1, 0.15) is 0 Å². The molecule has 0 bridgehead atoms. The van der Waals surface area contributed by atoms with E-state index in [0.29, 0.717) is 11.5 Å². The molecule has 0 radical (unpaired) electrons. The Balaban J connectivity index is 0.000000365. The maximum Gasteiger partial charge on any atom is 0.560 e. The van der Waals surface area contributed by atoms with E-state index in [-0.39, 0.29) is 55.1 Å². The Hall–Kier alpha value is -4.37. The van der Waals surface area contributed by atoms with Crippen LogP contribution in [0.4, 0.5) is 4.79 Å². The van der Waals surface area contributed by atoms with Crippen molar-refractivity contribution in [1.29, 1.82) is 0 Å². The van der Waals surface area contributed by atoms with Crippen LogP contribution in [0.1, 0.15) is 142 Å². The van der Waals surface area contributed by atoms with Gasteiger partial charge in [-0.3, -0.25) is 43.2 Å². The quantitative estimate of drug-likeness (QED) is 0.168. The molecule has 3 rings (SSSR count). The van der Waals surface area contributed by atoms with Gasteiger partial charge in [0.05, 0.1) is 0 Å². The Morgan fingerprint density at radius 1 is 0.489 bits per heavy atom. The Kier molecular flexibility index (Phi) is 19.9. The number of carbonyl (C=O) groups excluding carboxylic acids is 8. The number of imide groups is 3. The summed E-state index contributed by atoms with van der Waals surface area (Å²) in [6, 6.07) is 0. The molecule has 16 nitrogen and oxygen atoms in total. The minimum atomic E-state index is -1.48. The van der Waals surface area contributed by atoms with Crippen LogP contribution >= 0.6 is 0 Å². The Bertz CT molecular complexity index is 1040. The number of hydrogen-bond donors (Lipinski definition) is 1. The molecule has 0 aromatic carbocycles. The summed E-state index contributed by atoms with van der Waals surface area (Å²) >= 11 is 0. The largest absolute Gasteiger partial charge is 0.560 e. The predicted molar refractivity (Wildman–Crippen MR) is 161 cm³/mol. The number of hydrogen-bond acceptors (Lipinski definition) is 12. The lowest BCUT2D eigenvalue weighted by atomic mass is 10.1. The zero-order valence-electron chi connectivity index (χ0n) is 27.3. The zero-order chi connectivity index (χ0) is 35.2. The van der Waals surface area contributed by atoms with Crippen molar-refractivity contribution in [2.24, 2.45) is 0 Å². The molecule has 1 N–H and O–H groups in total. The summed E-state index contributed by atoms with van der Waals surface area (Å²) in [4.78, 5) is 113. The lowest BCUT2D eigenvalue weighted by Crippen LogP contribution is -2.37. The number of carbonyl (C=O) groups is 9. The molecule has 47 heavy (non-hydrogen) atoms. The zero-order valence-corrected chi connectivity index (χ0v) is 27.3. The van der Waals surface area contributed by atoms with E-state index in [1.807, 2.05) is 0 Å². The van der Waals surface area contributed by atoms with E-state index in [1.165, 1.54) is 44.9 Å². The van der Waals surface area contributed by atoms with Crippen molar-refractivity contribution in [3.05, 3.63) is 0 Å². The van der Waals surface area contributed by atoms with Crippen molar-refractivity contribution in [1.82, 2.24) is 15.2 Å². The molecular weight excluding hydrogens is 622 g/mol. The Labute approximate surface area is 273 Å². The van der Waals surface area contributed by atoms with Crippen LogP contribution in [0.2, 0.25) is 0 Å². The van der Waals surface area contributed by atoms with Gasteiger partial charge in [-0.25, -0.2) is 4.79 Å². The summed E-state index contributed by atoms with van der Waals surface area (Å²) in [6.45, 7) is 4.33. The number of hydroxylamine groups is 6. The van der Waals surface area contributed by atoms with Gasteiger partial charge in [-0.15, -0.1) is 5.06 Å². The molecule has 6 amide bonds. The van der Waals surface area contributed by atoms with Crippen LogP contribution in [0.5, 0.6) is 0 Å². The summed E-state index contributed by atoms with van der Waals surface area (Å²) in [6.07, 6.45) is 12.5. The topological polar surface area (TPSA) is 211 Å². The molecule has 3 saturated heterocycles. The monoisotopic (exact) mass is 669 g/mol. The molecule has 3 heterocycles. The van der Waals surface area contributed by atoms with Crippen LogP contribution in [-0.2, 0) is 52.9 Å². The molecule has 0 atom stereocenters. The van der Waals surface area contributed by atoms with Crippen molar-refractivity contribution < 1.29 is 62.8 Å². The van der Waals surface area contributed by atoms with Crippen LogP contribution < -0.4 is 0 Å². The van der Waals surface area contributed by atoms with Gasteiger partial charge in [0.15, 0.2) is 0 Å². The number of carboxylic acids is 1. The number of unbranched alkanes of at least 4 members (excludes halogenated alkanes) is 10. The van der Waals surface area contributed by atoms with Crippen molar-refractivity contribution in [2.45, 2.75) is 142 Å². The first kappa shape index (κ1) is 40.7. The van der Waals surface area contributed by atoms with Crippen molar-refractivity contribution >= 4 is 53.5 Å². The standard InChI is InChI=1S/C13H21NO4.C9H8N2O7.C9H18O2/c1-2-3-4-5-6-7-8-13(17)18-14-11(15)9-10-12(14)16;12-5-1-2-6(13)10(5)17-9(16)18-11-7(14)3-4-8(11)15;1-2-3-4-5-6-7-8-9(10)11/h2-10H2,1H3;1-4H2;2-8H2,1H3,(H,10,11). The molecule has 264 valence electrons. The first-order chi connectivity index (χ1) is 22.4. The average molecular weight is 670 g/mol. The van der Waals surface area contributed by atoms with Crippen LogP contribution in [0, 0.1) is 0 Å². The van der Waals surface area contributed by atoms with Gasteiger partial charge in [0.25, 0.3) is 35.4 Å². The highest BCUT2D eigenvalue weighted by Gasteiger charge is 2.37. The van der Waals surface area contributed by atoms with E-state index < -0.39 is 53.5 Å². The predicted octanol–water partition coefficient (Wildman–Crippen LogP) is 4.43. The first-order valence-electron chi connectivity index (χ1n) is 16.3. The number of aliphatic carboxylic acids is 1. The summed E-state index contributed by atoms with van der Waals surface area (Å²) in [5.74, 6) is -4.73. The van der Waals surface area contributed by atoms with E-state index >= 15 is 0 Å². The highest BCUT2D eigenvalue weighted by molar-refractivity contribution is 6.03. The van der Waals surface area contributed by atoms with Crippen LogP contribution in [0.25, 0.3) is 0 Å². The summed E-state index contributed by atoms with van der Waals surface area (Å²) in [5.41, 5.74) is 0. The van der Waals surface area contributed by atoms with E-state index in [2.05, 4.69) is 23.5 Å². The minimum Gasteiger partial charge on any atom is -0.481 e. The molecule has 3 aliphatic rings. The fraction of sp³-hybridized carbons (Fsp3) is 0.710. The average Bonchev–Trinajstić information content (AvgIpc) is 3.64. The molecule has 3 aliphatic heterocycles. The second kappa shape index (κ2) is 23.0. The summed E-state index contributed by atoms with van der Waals surface area (Å²) < 4.78 is 0. The molecule has 0 saturated carbocycles. The highest BCUT2D eigenvalue weighted by Crippen LogP contribution is 2.16. The lowest BCUT2D eigenvalue weighted by molar-refractivity contribution is -0.198. The first-order valence-corrected chi connectivity index (χ1v) is 16.3. The third-order valence-electron chi connectivity index (χ3n) is 7.02. The number of nitrogens with zero attached hydrogens (tertiary/aromatic N) is 3. The minimum absolute atomic E-state index is 0.0618. The maximum atomic E-state index is 11.4. The Morgan fingerprint density at radius 3 is 1.13 bits per heavy atom. The molecule has 3 fully saturated rings.